The number of hydrogen-bond acceptors (Lipinski definition) is 4. The molecule has 0 saturated heterocycles. The Bertz CT molecular complexity index is 487. The maximum atomic E-state index is 10.8. The van der Waals surface area contributed by atoms with Gasteiger partial charge in [0, 0.05) is 12.0 Å². The SMILES string of the molecule is CCOc1c(Cl)cc(CCC(=O)O)c(OCC)c1OCC. The van der Waals surface area contributed by atoms with Crippen LogP contribution in [0.15, 0.2) is 6.07 Å². The number of ether oxygens (including phenoxy) is 3. The lowest BCUT2D eigenvalue weighted by Crippen LogP contribution is -2.07. The van der Waals surface area contributed by atoms with Crippen LogP contribution in [0.3, 0.4) is 0 Å². The van der Waals surface area contributed by atoms with Gasteiger partial charge in [-0.25, -0.2) is 0 Å². The summed E-state index contributed by atoms with van der Waals surface area (Å²) in [7, 11) is 0. The molecule has 0 heterocycles. The zero-order valence-electron chi connectivity index (χ0n) is 12.6. The van der Waals surface area contributed by atoms with Crippen molar-refractivity contribution >= 4 is 17.6 Å². The lowest BCUT2D eigenvalue weighted by Gasteiger charge is -2.19. The molecule has 118 valence electrons. The van der Waals surface area contributed by atoms with E-state index in [2.05, 4.69) is 0 Å². The molecule has 6 heteroatoms. The molecule has 1 rings (SSSR count). The van der Waals surface area contributed by atoms with Crippen LogP contribution in [-0.4, -0.2) is 30.9 Å². The maximum Gasteiger partial charge on any atom is 0.303 e. The molecule has 1 aromatic rings. The molecule has 21 heavy (non-hydrogen) atoms. The summed E-state index contributed by atoms with van der Waals surface area (Å²) in [6, 6.07) is 1.68. The van der Waals surface area contributed by atoms with E-state index in [0.29, 0.717) is 54.1 Å². The fourth-order valence-corrected chi connectivity index (χ4v) is 2.20. The normalized spacial score (nSPS) is 10.3. The zero-order chi connectivity index (χ0) is 15.8. The standard InChI is InChI=1S/C15H21ClO5/c1-4-19-13-10(7-8-12(17)18)9-11(16)14(20-5-2)15(13)21-6-3/h9H,4-8H2,1-3H3,(H,17,18). The summed E-state index contributed by atoms with van der Waals surface area (Å²) in [6.07, 6.45) is 0.312. The number of rotatable bonds is 9. The molecule has 0 aromatic heterocycles. The van der Waals surface area contributed by atoms with E-state index in [1.807, 2.05) is 20.8 Å². The molecule has 0 aliphatic rings. The first kappa shape index (κ1) is 17.4. The van der Waals surface area contributed by atoms with E-state index >= 15 is 0 Å². The highest BCUT2D eigenvalue weighted by atomic mass is 35.5. The van der Waals surface area contributed by atoms with Crippen LogP contribution >= 0.6 is 11.6 Å². The van der Waals surface area contributed by atoms with E-state index in [4.69, 9.17) is 30.9 Å². The van der Waals surface area contributed by atoms with Crippen molar-refractivity contribution in [2.24, 2.45) is 0 Å². The highest BCUT2D eigenvalue weighted by Crippen LogP contribution is 2.45. The predicted molar refractivity (Wildman–Crippen MR) is 80.9 cm³/mol. The van der Waals surface area contributed by atoms with E-state index in [1.165, 1.54) is 0 Å². The number of aryl methyl sites for hydroxylation is 1. The van der Waals surface area contributed by atoms with Gasteiger partial charge in [-0.1, -0.05) is 11.6 Å². The lowest BCUT2D eigenvalue weighted by atomic mass is 10.1. The molecular formula is C15H21ClO5. The minimum absolute atomic E-state index is 0.00402. The van der Waals surface area contributed by atoms with Crippen LogP contribution in [0.4, 0.5) is 0 Å². The van der Waals surface area contributed by atoms with Gasteiger partial charge in [0.25, 0.3) is 0 Å². The van der Waals surface area contributed by atoms with Gasteiger partial charge in [-0.2, -0.15) is 0 Å². The first-order chi connectivity index (χ1) is 10.0. The van der Waals surface area contributed by atoms with Crippen LogP contribution in [0.2, 0.25) is 5.02 Å². The molecular weight excluding hydrogens is 296 g/mol. The molecule has 0 radical (unpaired) electrons. The van der Waals surface area contributed by atoms with Gasteiger partial charge in [-0.15, -0.1) is 0 Å². The van der Waals surface area contributed by atoms with E-state index in [0.717, 1.165) is 0 Å². The van der Waals surface area contributed by atoms with Crippen molar-refractivity contribution in [3.63, 3.8) is 0 Å². The van der Waals surface area contributed by atoms with Crippen LogP contribution in [0.1, 0.15) is 32.8 Å². The van der Waals surface area contributed by atoms with Crippen LogP contribution in [0.25, 0.3) is 0 Å². The topological polar surface area (TPSA) is 65.0 Å². The van der Waals surface area contributed by atoms with Gasteiger partial charge in [0.2, 0.25) is 5.75 Å². The van der Waals surface area contributed by atoms with Gasteiger partial charge in [0.05, 0.1) is 24.8 Å². The Hall–Kier alpha value is -1.62. The van der Waals surface area contributed by atoms with Gasteiger partial charge in [-0.3, -0.25) is 4.79 Å². The summed E-state index contributed by atoms with van der Waals surface area (Å²) >= 11 is 6.23. The molecule has 1 N–H and O–H groups in total. The number of carboxylic acid groups (broad SMARTS) is 1. The Morgan fingerprint density at radius 3 is 2.10 bits per heavy atom. The molecule has 0 aliphatic carbocycles. The van der Waals surface area contributed by atoms with E-state index in [1.54, 1.807) is 6.07 Å². The second-order valence-electron chi connectivity index (χ2n) is 4.20. The highest BCUT2D eigenvalue weighted by molar-refractivity contribution is 6.32. The van der Waals surface area contributed by atoms with Gasteiger partial charge in [-0.05, 0) is 33.3 Å². The van der Waals surface area contributed by atoms with Gasteiger partial charge >= 0.3 is 5.97 Å². The average molecular weight is 317 g/mol. The predicted octanol–water partition coefficient (Wildman–Crippen LogP) is 3.55. The van der Waals surface area contributed by atoms with Gasteiger partial charge in [0.15, 0.2) is 11.5 Å². The summed E-state index contributed by atoms with van der Waals surface area (Å²) < 4.78 is 16.8. The zero-order valence-corrected chi connectivity index (χ0v) is 13.3. The Morgan fingerprint density at radius 1 is 1.05 bits per heavy atom. The monoisotopic (exact) mass is 316 g/mol. The first-order valence-electron chi connectivity index (χ1n) is 7.00. The summed E-state index contributed by atoms with van der Waals surface area (Å²) in [5, 5.41) is 9.24. The number of benzene rings is 1. The number of carbonyl (C=O) groups is 1. The summed E-state index contributed by atoms with van der Waals surface area (Å²) in [4.78, 5) is 10.8. The molecule has 0 amide bonds. The van der Waals surface area contributed by atoms with Crippen molar-refractivity contribution in [1.82, 2.24) is 0 Å². The molecule has 0 bridgehead atoms. The first-order valence-corrected chi connectivity index (χ1v) is 7.38. The summed E-state index contributed by atoms with van der Waals surface area (Å²) in [5.74, 6) is 0.506. The second kappa shape index (κ2) is 8.62. The van der Waals surface area contributed by atoms with E-state index < -0.39 is 5.97 Å². The minimum atomic E-state index is -0.875. The molecule has 0 aliphatic heterocycles. The van der Waals surface area contributed by atoms with Crippen molar-refractivity contribution in [3.8, 4) is 17.2 Å². The Morgan fingerprint density at radius 2 is 1.57 bits per heavy atom. The number of carboxylic acids is 1. The second-order valence-corrected chi connectivity index (χ2v) is 4.60. The third-order valence-electron chi connectivity index (χ3n) is 2.70. The third kappa shape index (κ3) is 4.70. The third-order valence-corrected chi connectivity index (χ3v) is 2.98. The molecule has 0 unspecified atom stereocenters. The Kier molecular flexibility index (Phi) is 7.15. The van der Waals surface area contributed by atoms with Crippen LogP contribution in [-0.2, 0) is 11.2 Å². The van der Waals surface area contributed by atoms with Crippen molar-refractivity contribution in [1.29, 1.82) is 0 Å². The summed E-state index contributed by atoms with van der Waals surface area (Å²) in [6.45, 7) is 6.87. The fraction of sp³-hybridized carbons (Fsp3) is 0.533. The van der Waals surface area contributed by atoms with E-state index in [9.17, 15) is 4.79 Å². The van der Waals surface area contributed by atoms with Crippen LogP contribution in [0, 0.1) is 0 Å². The van der Waals surface area contributed by atoms with Crippen molar-refractivity contribution in [2.75, 3.05) is 19.8 Å². The Balaban J connectivity index is 3.31. The maximum absolute atomic E-state index is 10.8. The highest BCUT2D eigenvalue weighted by Gasteiger charge is 2.21. The van der Waals surface area contributed by atoms with E-state index in [-0.39, 0.29) is 6.42 Å². The number of halogens is 1. The molecule has 0 fully saturated rings. The molecule has 0 saturated carbocycles. The molecule has 0 spiro atoms. The van der Waals surface area contributed by atoms with Gasteiger partial charge < -0.3 is 19.3 Å². The number of hydrogen-bond donors (Lipinski definition) is 1. The van der Waals surface area contributed by atoms with Crippen LogP contribution < -0.4 is 14.2 Å². The lowest BCUT2D eigenvalue weighted by molar-refractivity contribution is -0.136. The van der Waals surface area contributed by atoms with Crippen molar-refractivity contribution in [3.05, 3.63) is 16.7 Å². The molecule has 0 atom stereocenters. The van der Waals surface area contributed by atoms with Gasteiger partial charge in [0.1, 0.15) is 0 Å². The number of aliphatic carboxylic acids is 1. The van der Waals surface area contributed by atoms with Crippen molar-refractivity contribution < 1.29 is 24.1 Å². The quantitative estimate of drug-likeness (QED) is 0.754. The summed E-state index contributed by atoms with van der Waals surface area (Å²) in [5.41, 5.74) is 0.705. The van der Waals surface area contributed by atoms with Crippen molar-refractivity contribution in [2.45, 2.75) is 33.6 Å². The molecule has 1 aromatic carbocycles. The minimum Gasteiger partial charge on any atom is -0.490 e. The fourth-order valence-electron chi connectivity index (χ4n) is 1.93. The smallest absolute Gasteiger partial charge is 0.303 e. The Labute approximate surface area is 129 Å². The average Bonchev–Trinajstić information content (AvgIpc) is 2.44. The molecule has 5 nitrogen and oxygen atoms in total. The largest absolute Gasteiger partial charge is 0.490 e. The van der Waals surface area contributed by atoms with Crippen LogP contribution in [0.5, 0.6) is 17.2 Å².